The van der Waals surface area contributed by atoms with Crippen LogP contribution in [0.2, 0.25) is 0 Å². The first-order valence-corrected chi connectivity index (χ1v) is 13.4. The molecule has 1 amide bonds. The molecule has 0 saturated heterocycles. The van der Waals surface area contributed by atoms with E-state index in [1.165, 1.54) is 10.7 Å². The third-order valence-corrected chi connectivity index (χ3v) is 8.85. The minimum atomic E-state index is -3.86. The number of allylic oxidation sites excluding steroid dienone is 1. The van der Waals surface area contributed by atoms with Crippen LogP contribution < -0.4 is 4.74 Å². The second kappa shape index (κ2) is 11.0. The summed E-state index contributed by atoms with van der Waals surface area (Å²) in [6.45, 7) is 5.85. The van der Waals surface area contributed by atoms with E-state index in [1.54, 1.807) is 30.0 Å². The van der Waals surface area contributed by atoms with Gasteiger partial charge in [0.25, 0.3) is 0 Å². The highest BCUT2D eigenvalue weighted by Gasteiger charge is 2.38. The van der Waals surface area contributed by atoms with Crippen LogP contribution >= 0.6 is 0 Å². The van der Waals surface area contributed by atoms with Crippen LogP contribution in [0, 0.1) is 11.8 Å². The number of carbonyl (C=O) groups is 1. The number of sulfonamides is 1. The monoisotopic (exact) mass is 478 g/mol. The highest BCUT2D eigenvalue weighted by atomic mass is 32.2. The van der Waals surface area contributed by atoms with Crippen LogP contribution in [0.3, 0.4) is 0 Å². The molecule has 1 N–H and O–H groups in total. The second-order valence-electron chi connectivity index (χ2n) is 9.50. The number of hydrogen-bond acceptors (Lipinski definition) is 5. The molecular formula is C25H38N2O5S. The molecule has 7 nitrogen and oxygen atoms in total. The molecule has 2 aliphatic rings. The van der Waals surface area contributed by atoms with Gasteiger partial charge in [-0.25, -0.2) is 8.42 Å². The summed E-state index contributed by atoms with van der Waals surface area (Å²) in [5.41, 5.74) is 0.840. The lowest BCUT2D eigenvalue weighted by atomic mass is 9.88. The van der Waals surface area contributed by atoms with Crippen molar-refractivity contribution in [2.45, 2.75) is 69.9 Å². The third-order valence-electron chi connectivity index (χ3n) is 6.83. The molecule has 3 atom stereocenters. The van der Waals surface area contributed by atoms with Crippen molar-refractivity contribution in [2.75, 3.05) is 26.7 Å². The van der Waals surface area contributed by atoms with Crippen LogP contribution in [0.5, 0.6) is 5.75 Å². The third kappa shape index (κ3) is 5.78. The first kappa shape index (κ1) is 25.7. The van der Waals surface area contributed by atoms with Crippen molar-refractivity contribution >= 4 is 22.0 Å². The molecule has 1 aromatic rings. The lowest BCUT2D eigenvalue weighted by Crippen LogP contribution is -2.50. The molecule has 0 radical (unpaired) electrons. The van der Waals surface area contributed by atoms with Crippen molar-refractivity contribution in [3.8, 4) is 5.75 Å². The molecule has 184 valence electrons. The molecular weight excluding hydrogens is 440 g/mol. The zero-order valence-corrected chi connectivity index (χ0v) is 21.1. The van der Waals surface area contributed by atoms with E-state index in [0.717, 1.165) is 31.2 Å². The first-order chi connectivity index (χ1) is 15.7. The van der Waals surface area contributed by atoms with Crippen LogP contribution in [-0.2, 0) is 14.8 Å². The lowest BCUT2D eigenvalue weighted by Gasteiger charge is -2.38. The van der Waals surface area contributed by atoms with Gasteiger partial charge in [-0.1, -0.05) is 44.4 Å². The van der Waals surface area contributed by atoms with E-state index in [4.69, 9.17) is 4.74 Å². The smallest absolute Gasteiger partial charge is 0.247 e. The van der Waals surface area contributed by atoms with Crippen molar-refractivity contribution in [1.29, 1.82) is 0 Å². The Bertz CT molecular complexity index is 956. The van der Waals surface area contributed by atoms with Gasteiger partial charge in [-0.05, 0) is 44.4 Å². The number of rotatable bonds is 6. The maximum atomic E-state index is 13.5. The molecule has 3 rings (SSSR count). The normalized spacial score (nSPS) is 25.0. The fourth-order valence-corrected chi connectivity index (χ4v) is 6.60. The van der Waals surface area contributed by atoms with Gasteiger partial charge in [-0.3, -0.25) is 4.79 Å². The molecule has 1 saturated carbocycles. The molecule has 1 aliphatic heterocycles. The highest BCUT2D eigenvalue weighted by Crippen LogP contribution is 2.35. The summed E-state index contributed by atoms with van der Waals surface area (Å²) in [6.07, 6.45) is 8.62. The van der Waals surface area contributed by atoms with Gasteiger partial charge in [0.15, 0.2) is 0 Å². The Kier molecular flexibility index (Phi) is 8.59. The maximum absolute atomic E-state index is 13.5. The molecule has 0 unspecified atom stereocenters. The number of ether oxygens (including phenoxy) is 1. The molecule has 33 heavy (non-hydrogen) atoms. The van der Waals surface area contributed by atoms with E-state index >= 15 is 0 Å². The fraction of sp³-hybridized carbons (Fsp3) is 0.640. The Morgan fingerprint density at radius 1 is 1.30 bits per heavy atom. The number of benzene rings is 1. The number of carbonyl (C=O) groups excluding carboxylic acids is 1. The predicted octanol–water partition coefficient (Wildman–Crippen LogP) is 3.53. The van der Waals surface area contributed by atoms with Crippen molar-refractivity contribution < 1.29 is 23.1 Å². The molecule has 1 aromatic carbocycles. The van der Waals surface area contributed by atoms with Crippen molar-refractivity contribution in [2.24, 2.45) is 11.8 Å². The van der Waals surface area contributed by atoms with Gasteiger partial charge >= 0.3 is 0 Å². The van der Waals surface area contributed by atoms with Crippen LogP contribution in [0.25, 0.3) is 6.08 Å². The Balaban J connectivity index is 1.95. The number of likely N-dealkylation sites (N-methyl/N-ethyl adjacent to an activating group) is 1. The molecule has 8 heteroatoms. The summed E-state index contributed by atoms with van der Waals surface area (Å²) in [4.78, 5) is 14.9. The van der Waals surface area contributed by atoms with Crippen molar-refractivity contribution in [3.63, 3.8) is 0 Å². The number of aliphatic hydroxyl groups excluding tert-OH is 1. The van der Waals surface area contributed by atoms with E-state index < -0.39 is 16.1 Å². The zero-order valence-electron chi connectivity index (χ0n) is 20.2. The Hall–Kier alpha value is -1.90. The maximum Gasteiger partial charge on any atom is 0.247 e. The summed E-state index contributed by atoms with van der Waals surface area (Å²) in [5, 5.41) is 9.76. The van der Waals surface area contributed by atoms with Gasteiger partial charge in [0.05, 0.1) is 13.2 Å². The van der Waals surface area contributed by atoms with Gasteiger partial charge in [0.2, 0.25) is 15.9 Å². The number of fused-ring (bicyclic) bond motifs is 1. The summed E-state index contributed by atoms with van der Waals surface area (Å²) in [6, 6.07) is 4.49. The van der Waals surface area contributed by atoms with E-state index in [1.807, 2.05) is 33.0 Å². The first-order valence-electron chi connectivity index (χ1n) is 12.0. The largest absolute Gasteiger partial charge is 0.487 e. The summed E-state index contributed by atoms with van der Waals surface area (Å²) >= 11 is 0. The molecule has 1 aliphatic carbocycles. The summed E-state index contributed by atoms with van der Waals surface area (Å²) in [7, 11) is -2.05. The van der Waals surface area contributed by atoms with Gasteiger partial charge in [-0.15, -0.1) is 0 Å². The van der Waals surface area contributed by atoms with Crippen molar-refractivity contribution in [3.05, 3.63) is 29.8 Å². The fourth-order valence-electron chi connectivity index (χ4n) is 4.78. The SMILES string of the molecule is CC=Cc1ccc2c(c1)O[C@H](CN(C)C(=O)C1CCCCC1)[C@H](C)CN([C@H](C)CO)S2(=O)=O. The Morgan fingerprint density at radius 2 is 2.00 bits per heavy atom. The second-order valence-corrected chi connectivity index (χ2v) is 11.4. The standard InChI is InChI=1S/C25H38N2O5S/c1-5-9-20-12-13-24-22(14-20)32-23(16-26(4)25(29)21-10-7-6-8-11-21)18(2)15-27(19(3)17-28)33(24,30)31/h5,9,12-14,18-19,21,23,28H,6-8,10-11,15-17H2,1-4H3/t18-,19-,23-/m1/s1. The summed E-state index contributed by atoms with van der Waals surface area (Å²) in [5.74, 6) is 0.306. The van der Waals surface area contributed by atoms with E-state index in [-0.39, 0.29) is 47.6 Å². The van der Waals surface area contributed by atoms with Gasteiger partial charge in [0.1, 0.15) is 16.7 Å². The zero-order chi connectivity index (χ0) is 24.2. The van der Waals surface area contributed by atoms with Gasteiger partial charge in [0, 0.05) is 31.5 Å². The topological polar surface area (TPSA) is 87.2 Å². The number of nitrogens with zero attached hydrogens (tertiary/aromatic N) is 2. The molecule has 0 bridgehead atoms. The predicted molar refractivity (Wildman–Crippen MR) is 129 cm³/mol. The number of hydrogen-bond donors (Lipinski definition) is 1. The number of amides is 1. The molecule has 1 heterocycles. The molecule has 0 aromatic heterocycles. The van der Waals surface area contributed by atoms with Crippen molar-refractivity contribution in [1.82, 2.24) is 9.21 Å². The van der Waals surface area contributed by atoms with Gasteiger partial charge < -0.3 is 14.7 Å². The quantitative estimate of drug-likeness (QED) is 0.676. The van der Waals surface area contributed by atoms with Crippen LogP contribution in [0.4, 0.5) is 0 Å². The highest BCUT2D eigenvalue weighted by molar-refractivity contribution is 7.89. The minimum absolute atomic E-state index is 0.0625. The average Bonchev–Trinajstić information content (AvgIpc) is 2.81. The van der Waals surface area contributed by atoms with E-state index in [2.05, 4.69) is 0 Å². The number of aliphatic hydroxyl groups is 1. The van der Waals surface area contributed by atoms with E-state index in [9.17, 15) is 18.3 Å². The average molecular weight is 479 g/mol. The van der Waals surface area contributed by atoms with Gasteiger partial charge in [-0.2, -0.15) is 4.31 Å². The Morgan fingerprint density at radius 3 is 2.64 bits per heavy atom. The van der Waals surface area contributed by atoms with Crippen LogP contribution in [0.1, 0.15) is 58.4 Å². The molecule has 1 fully saturated rings. The minimum Gasteiger partial charge on any atom is -0.487 e. The summed E-state index contributed by atoms with van der Waals surface area (Å²) < 4.78 is 34.7. The lowest BCUT2D eigenvalue weighted by molar-refractivity contribution is -0.136. The van der Waals surface area contributed by atoms with E-state index in [0.29, 0.717) is 6.54 Å². The molecule has 0 spiro atoms. The van der Waals surface area contributed by atoms with Crippen LogP contribution in [0.15, 0.2) is 29.2 Å². The Labute approximate surface area is 198 Å². The van der Waals surface area contributed by atoms with Crippen LogP contribution in [-0.4, -0.2) is 67.5 Å².